The zero-order chi connectivity index (χ0) is 22.9. The highest BCUT2D eigenvalue weighted by molar-refractivity contribution is 5.87. The molecule has 1 saturated heterocycles. The van der Waals surface area contributed by atoms with Crippen molar-refractivity contribution < 1.29 is 9.90 Å². The van der Waals surface area contributed by atoms with Crippen molar-refractivity contribution in [1.29, 1.82) is 0 Å². The van der Waals surface area contributed by atoms with Crippen LogP contribution < -0.4 is 15.1 Å². The maximum absolute atomic E-state index is 11.4. The van der Waals surface area contributed by atoms with E-state index < -0.39 is 6.09 Å². The number of nitrogens with zero attached hydrogens (tertiary/aromatic N) is 6. The monoisotopic (exact) mass is 460 g/mol. The first kappa shape index (κ1) is 20.0. The van der Waals surface area contributed by atoms with Gasteiger partial charge in [0.15, 0.2) is 17.0 Å². The van der Waals surface area contributed by atoms with Gasteiger partial charge in [-0.05, 0) is 67.9 Å². The van der Waals surface area contributed by atoms with Gasteiger partial charge in [-0.25, -0.2) is 14.8 Å². The van der Waals surface area contributed by atoms with E-state index in [9.17, 15) is 9.90 Å². The maximum atomic E-state index is 11.4. The summed E-state index contributed by atoms with van der Waals surface area (Å²) in [6.07, 6.45) is 9.10. The molecular weight excluding hydrogens is 432 g/mol. The Kier molecular flexibility index (Phi) is 4.28. The van der Waals surface area contributed by atoms with Crippen LogP contribution in [0, 0.1) is 17.3 Å². The molecule has 34 heavy (non-hydrogen) atoms. The number of H-pyrrole nitrogens is 1. The van der Waals surface area contributed by atoms with E-state index in [4.69, 9.17) is 9.97 Å². The van der Waals surface area contributed by atoms with E-state index >= 15 is 0 Å². The van der Waals surface area contributed by atoms with Crippen molar-refractivity contribution in [2.45, 2.75) is 44.6 Å². The number of piperidine rings is 1. The molecule has 0 bridgehead atoms. The third kappa shape index (κ3) is 3.04. The molecular formula is C24H28N8O2. The van der Waals surface area contributed by atoms with Crippen molar-refractivity contribution in [3.63, 3.8) is 0 Å². The summed E-state index contributed by atoms with van der Waals surface area (Å²) < 4.78 is 0. The second-order valence-corrected chi connectivity index (χ2v) is 10.3. The molecule has 3 atom stereocenters. The van der Waals surface area contributed by atoms with Crippen LogP contribution in [-0.2, 0) is 6.42 Å². The number of carbonyl (C=O) groups is 1. The predicted molar refractivity (Wildman–Crippen MR) is 126 cm³/mol. The fraction of sp³-hybridized carbons (Fsp3) is 0.542. The third-order valence-corrected chi connectivity index (χ3v) is 8.54. The van der Waals surface area contributed by atoms with Gasteiger partial charge < -0.3 is 20.2 Å². The van der Waals surface area contributed by atoms with Gasteiger partial charge in [0.05, 0.1) is 17.6 Å². The molecule has 7 rings (SSSR count). The minimum absolute atomic E-state index is 0.0941. The number of aryl methyl sites for hydroxylation is 1. The topological polar surface area (TPSA) is 123 Å². The summed E-state index contributed by atoms with van der Waals surface area (Å²) in [5, 5.41) is 19.9. The Morgan fingerprint density at radius 3 is 2.97 bits per heavy atom. The van der Waals surface area contributed by atoms with E-state index in [1.807, 2.05) is 18.5 Å². The van der Waals surface area contributed by atoms with Gasteiger partial charge in [0.1, 0.15) is 5.82 Å². The van der Waals surface area contributed by atoms with Crippen molar-refractivity contribution in [2.75, 3.05) is 29.4 Å². The molecule has 3 N–H and O–H groups in total. The van der Waals surface area contributed by atoms with E-state index in [-0.39, 0.29) is 11.5 Å². The van der Waals surface area contributed by atoms with Crippen LogP contribution in [0.1, 0.15) is 37.8 Å². The van der Waals surface area contributed by atoms with Crippen molar-refractivity contribution in [1.82, 2.24) is 30.5 Å². The van der Waals surface area contributed by atoms with Gasteiger partial charge in [-0.2, -0.15) is 5.10 Å². The number of nitrogens with one attached hydrogen (secondary N) is 2. The lowest BCUT2D eigenvalue weighted by atomic mass is 9.71. The molecule has 2 aliphatic heterocycles. The number of hydrogen-bond donors (Lipinski definition) is 3. The number of amides is 1. The SMILES string of the molecule is O=C(O)N[C@@H]1[C@@H]2C[C@@H]2CC12CCN(c1cnc3c(N4CCCc5ncccc54)n[nH]c3n1)CC2. The van der Waals surface area contributed by atoms with Crippen molar-refractivity contribution in [3.8, 4) is 0 Å². The molecule has 1 amide bonds. The Labute approximate surface area is 196 Å². The molecule has 10 heteroatoms. The summed E-state index contributed by atoms with van der Waals surface area (Å²) in [5.41, 5.74) is 3.74. The van der Waals surface area contributed by atoms with Crippen LogP contribution in [0.25, 0.3) is 11.2 Å². The molecule has 3 aromatic rings. The number of rotatable bonds is 3. The van der Waals surface area contributed by atoms with Crippen LogP contribution in [0.4, 0.5) is 22.1 Å². The molecule has 4 aliphatic rings. The standard InChI is InChI=1S/C24H28N8O2/c33-23(34)28-20-15-11-14(15)12-24(20)5-9-31(10-6-24)18-13-26-19-21(27-18)29-30-22(19)32-8-2-3-16-17(32)4-1-7-25-16/h1,4,7,13-15,20,28H,2-3,5-6,8-12H2,(H,33,34)(H,27,29,30)/t14-,15-,20-/m1/s1. The van der Waals surface area contributed by atoms with Crippen molar-refractivity contribution in [3.05, 3.63) is 30.2 Å². The van der Waals surface area contributed by atoms with Gasteiger partial charge in [0.25, 0.3) is 0 Å². The summed E-state index contributed by atoms with van der Waals surface area (Å²) in [5.74, 6) is 2.90. The van der Waals surface area contributed by atoms with Gasteiger partial charge >= 0.3 is 6.09 Å². The normalized spacial score (nSPS) is 27.0. The zero-order valence-electron chi connectivity index (χ0n) is 18.9. The fourth-order valence-electron chi connectivity index (χ4n) is 6.84. The Morgan fingerprint density at radius 1 is 1.24 bits per heavy atom. The Balaban J connectivity index is 1.12. The summed E-state index contributed by atoms with van der Waals surface area (Å²) in [6.45, 7) is 2.61. The largest absolute Gasteiger partial charge is 0.465 e. The fourth-order valence-corrected chi connectivity index (χ4v) is 6.84. The maximum Gasteiger partial charge on any atom is 0.404 e. The molecule has 2 saturated carbocycles. The predicted octanol–water partition coefficient (Wildman–Crippen LogP) is 3.09. The lowest BCUT2D eigenvalue weighted by Gasteiger charge is -2.44. The molecule has 2 aliphatic carbocycles. The van der Waals surface area contributed by atoms with Crippen LogP contribution in [0.2, 0.25) is 0 Å². The molecule has 3 aromatic heterocycles. The molecule has 1 spiro atoms. The Morgan fingerprint density at radius 2 is 2.12 bits per heavy atom. The van der Waals surface area contributed by atoms with Gasteiger partial charge in [-0.1, -0.05) is 0 Å². The first-order valence-corrected chi connectivity index (χ1v) is 12.3. The van der Waals surface area contributed by atoms with E-state index in [0.717, 1.165) is 80.3 Å². The van der Waals surface area contributed by atoms with Crippen LogP contribution in [0.3, 0.4) is 0 Å². The summed E-state index contributed by atoms with van der Waals surface area (Å²) in [4.78, 5) is 30.0. The van der Waals surface area contributed by atoms with E-state index in [2.05, 4.69) is 36.4 Å². The first-order valence-electron chi connectivity index (χ1n) is 12.3. The molecule has 0 aromatic carbocycles. The van der Waals surface area contributed by atoms with Crippen LogP contribution in [0.5, 0.6) is 0 Å². The summed E-state index contributed by atoms with van der Waals surface area (Å²) in [7, 11) is 0. The van der Waals surface area contributed by atoms with E-state index in [1.54, 1.807) is 0 Å². The van der Waals surface area contributed by atoms with Gasteiger partial charge in [-0.15, -0.1) is 0 Å². The zero-order valence-corrected chi connectivity index (χ0v) is 18.9. The van der Waals surface area contributed by atoms with Gasteiger partial charge in [-0.3, -0.25) is 10.1 Å². The minimum Gasteiger partial charge on any atom is -0.465 e. The smallest absolute Gasteiger partial charge is 0.404 e. The van der Waals surface area contributed by atoms with Gasteiger partial charge in [0.2, 0.25) is 0 Å². The second-order valence-electron chi connectivity index (χ2n) is 10.3. The van der Waals surface area contributed by atoms with Crippen molar-refractivity contribution >= 4 is 34.6 Å². The van der Waals surface area contributed by atoms with E-state index in [0.29, 0.717) is 17.5 Å². The lowest BCUT2D eigenvalue weighted by molar-refractivity contribution is 0.132. The second kappa shape index (κ2) is 7.28. The summed E-state index contributed by atoms with van der Waals surface area (Å²) >= 11 is 0. The highest BCUT2D eigenvalue weighted by atomic mass is 16.4. The number of aromatic amines is 1. The first-order chi connectivity index (χ1) is 16.6. The minimum atomic E-state index is -0.891. The summed E-state index contributed by atoms with van der Waals surface area (Å²) in [6, 6.07) is 4.15. The average molecular weight is 461 g/mol. The average Bonchev–Trinajstić information content (AvgIpc) is 3.38. The van der Waals surface area contributed by atoms with E-state index in [1.165, 1.54) is 6.42 Å². The molecule has 10 nitrogen and oxygen atoms in total. The third-order valence-electron chi connectivity index (χ3n) is 8.54. The number of carboxylic acid groups (broad SMARTS) is 1. The Bertz CT molecular complexity index is 1270. The number of hydrogen-bond acceptors (Lipinski definition) is 7. The molecule has 176 valence electrons. The highest BCUT2D eigenvalue weighted by Crippen LogP contribution is 2.63. The molecule has 3 fully saturated rings. The lowest BCUT2D eigenvalue weighted by Crippen LogP contribution is -2.52. The number of fused-ring (bicyclic) bond motifs is 3. The van der Waals surface area contributed by atoms with Gasteiger partial charge in [0, 0.05) is 31.9 Å². The number of pyridine rings is 1. The van der Waals surface area contributed by atoms with Crippen LogP contribution >= 0.6 is 0 Å². The quantitative estimate of drug-likeness (QED) is 0.545. The molecule has 5 heterocycles. The molecule has 0 radical (unpaired) electrons. The van der Waals surface area contributed by atoms with Crippen molar-refractivity contribution in [2.24, 2.45) is 17.3 Å². The number of aromatic nitrogens is 5. The Hall–Kier alpha value is -3.43. The highest BCUT2D eigenvalue weighted by Gasteiger charge is 2.61. The molecule has 0 unspecified atom stereocenters. The van der Waals surface area contributed by atoms with Crippen LogP contribution in [0.15, 0.2) is 24.5 Å². The number of anilines is 3. The van der Waals surface area contributed by atoms with Crippen LogP contribution in [-0.4, -0.2) is 62.0 Å².